The molecule has 0 atom stereocenters. The molecule has 1 aromatic rings. The van der Waals surface area contributed by atoms with Crippen LogP contribution in [0.4, 0.5) is 0 Å². The molecule has 1 saturated carbocycles. The Balaban J connectivity index is 1.89. The number of nitrogens with zero attached hydrogens (tertiary/aromatic N) is 2. The molecule has 0 bridgehead atoms. The molecular weight excluding hydrogens is 318 g/mol. The molecule has 1 aromatic carbocycles. The van der Waals surface area contributed by atoms with Crippen molar-refractivity contribution in [2.24, 2.45) is 0 Å². The molecule has 26 heavy (non-hydrogen) atoms. The number of nitrogens with one attached hydrogen (secondary N) is 1. The standard InChI is InChI=1S/C23H41N3/c1-3-5-17-25(18-6-4-2)21-26(23-15-11-8-12-16-23)20-24-19-22-13-9-7-10-14-22/h7,9-10,13-14,23-24H,3-6,8,11-12,15-21H2,1-2H3. The third-order valence-corrected chi connectivity index (χ3v) is 5.62. The van der Waals surface area contributed by atoms with Crippen LogP contribution in [0.1, 0.15) is 77.2 Å². The van der Waals surface area contributed by atoms with E-state index in [1.165, 1.54) is 76.4 Å². The average Bonchev–Trinajstić information content (AvgIpc) is 2.70. The van der Waals surface area contributed by atoms with Crippen molar-refractivity contribution in [2.75, 3.05) is 26.4 Å². The summed E-state index contributed by atoms with van der Waals surface area (Å²) in [5.74, 6) is 0. The largest absolute Gasteiger partial charge is 0.300 e. The first-order valence-electron chi connectivity index (χ1n) is 11.0. The van der Waals surface area contributed by atoms with Crippen molar-refractivity contribution in [2.45, 2.75) is 84.2 Å². The molecule has 0 unspecified atom stereocenters. The number of hydrogen-bond donors (Lipinski definition) is 1. The highest BCUT2D eigenvalue weighted by molar-refractivity contribution is 5.14. The molecule has 1 N–H and O–H groups in total. The summed E-state index contributed by atoms with van der Waals surface area (Å²) in [5, 5.41) is 3.72. The van der Waals surface area contributed by atoms with Crippen LogP contribution in [0.2, 0.25) is 0 Å². The fourth-order valence-electron chi connectivity index (χ4n) is 3.95. The molecule has 3 heteroatoms. The second-order valence-corrected chi connectivity index (χ2v) is 7.92. The van der Waals surface area contributed by atoms with E-state index in [0.29, 0.717) is 0 Å². The molecule has 0 heterocycles. The zero-order valence-electron chi connectivity index (χ0n) is 17.3. The summed E-state index contributed by atoms with van der Waals surface area (Å²) >= 11 is 0. The maximum Gasteiger partial charge on any atom is 0.0520 e. The van der Waals surface area contributed by atoms with Crippen molar-refractivity contribution in [1.82, 2.24) is 15.1 Å². The zero-order valence-corrected chi connectivity index (χ0v) is 17.3. The van der Waals surface area contributed by atoms with E-state index in [9.17, 15) is 0 Å². The van der Waals surface area contributed by atoms with Crippen LogP contribution < -0.4 is 5.32 Å². The first-order valence-corrected chi connectivity index (χ1v) is 11.0. The van der Waals surface area contributed by atoms with E-state index in [4.69, 9.17) is 0 Å². The molecule has 1 aliphatic carbocycles. The minimum absolute atomic E-state index is 0.762. The van der Waals surface area contributed by atoms with Gasteiger partial charge in [-0.1, -0.05) is 76.3 Å². The van der Waals surface area contributed by atoms with E-state index in [2.05, 4.69) is 59.3 Å². The highest BCUT2D eigenvalue weighted by Crippen LogP contribution is 2.22. The summed E-state index contributed by atoms with van der Waals surface area (Å²) in [5.41, 5.74) is 1.38. The lowest BCUT2D eigenvalue weighted by molar-refractivity contribution is 0.0647. The second kappa shape index (κ2) is 13.3. The minimum atomic E-state index is 0.762. The van der Waals surface area contributed by atoms with E-state index in [1.54, 1.807) is 0 Å². The third kappa shape index (κ3) is 8.20. The van der Waals surface area contributed by atoms with Crippen LogP contribution in [0, 0.1) is 0 Å². The first kappa shape index (κ1) is 21.4. The highest BCUT2D eigenvalue weighted by atomic mass is 15.4. The number of rotatable bonds is 13. The quantitative estimate of drug-likeness (QED) is 0.487. The van der Waals surface area contributed by atoms with Gasteiger partial charge in [-0.2, -0.15) is 0 Å². The highest BCUT2D eigenvalue weighted by Gasteiger charge is 2.22. The monoisotopic (exact) mass is 359 g/mol. The van der Waals surface area contributed by atoms with Crippen molar-refractivity contribution in [3.8, 4) is 0 Å². The van der Waals surface area contributed by atoms with Gasteiger partial charge in [-0.25, -0.2) is 0 Å². The Hall–Kier alpha value is -0.900. The topological polar surface area (TPSA) is 18.5 Å². The lowest BCUT2D eigenvalue weighted by Gasteiger charge is -2.38. The van der Waals surface area contributed by atoms with E-state index < -0.39 is 0 Å². The average molecular weight is 360 g/mol. The Morgan fingerprint density at radius 1 is 0.923 bits per heavy atom. The first-order chi connectivity index (χ1) is 12.8. The fourth-order valence-corrected chi connectivity index (χ4v) is 3.95. The maximum absolute atomic E-state index is 3.72. The fraction of sp³-hybridized carbons (Fsp3) is 0.739. The smallest absolute Gasteiger partial charge is 0.0520 e. The van der Waals surface area contributed by atoms with Crippen LogP contribution in [0.3, 0.4) is 0 Å². The van der Waals surface area contributed by atoms with E-state index in [0.717, 1.165) is 25.9 Å². The summed E-state index contributed by atoms with van der Waals surface area (Å²) in [6.07, 6.45) is 12.2. The number of benzene rings is 1. The van der Waals surface area contributed by atoms with Gasteiger partial charge in [0.25, 0.3) is 0 Å². The molecule has 148 valence electrons. The van der Waals surface area contributed by atoms with Gasteiger partial charge in [-0.05, 0) is 44.3 Å². The molecule has 0 aromatic heterocycles. The molecule has 3 nitrogen and oxygen atoms in total. The molecule has 2 rings (SSSR count). The molecule has 0 radical (unpaired) electrons. The van der Waals surface area contributed by atoms with Gasteiger partial charge in [-0.3, -0.25) is 9.80 Å². The molecule has 0 spiro atoms. The zero-order chi connectivity index (χ0) is 18.5. The van der Waals surface area contributed by atoms with Gasteiger partial charge in [0.15, 0.2) is 0 Å². The van der Waals surface area contributed by atoms with Gasteiger partial charge in [0, 0.05) is 19.3 Å². The van der Waals surface area contributed by atoms with Crippen molar-refractivity contribution in [3.05, 3.63) is 35.9 Å². The summed E-state index contributed by atoms with van der Waals surface area (Å²) in [6.45, 7) is 10.2. The van der Waals surface area contributed by atoms with Crippen LogP contribution in [-0.4, -0.2) is 42.3 Å². The number of unbranched alkanes of at least 4 members (excludes halogenated alkanes) is 2. The van der Waals surface area contributed by atoms with Crippen LogP contribution in [-0.2, 0) is 6.54 Å². The summed E-state index contributed by atoms with van der Waals surface area (Å²) < 4.78 is 0. The normalized spacial score (nSPS) is 15.8. The van der Waals surface area contributed by atoms with Crippen molar-refractivity contribution >= 4 is 0 Å². The van der Waals surface area contributed by atoms with Gasteiger partial charge >= 0.3 is 0 Å². The van der Waals surface area contributed by atoms with Crippen LogP contribution in [0.5, 0.6) is 0 Å². The Labute approximate surface area is 162 Å². The van der Waals surface area contributed by atoms with E-state index in [1.807, 2.05) is 0 Å². The molecule has 0 saturated heterocycles. The van der Waals surface area contributed by atoms with Gasteiger partial charge < -0.3 is 5.32 Å². The van der Waals surface area contributed by atoms with Crippen LogP contribution in [0.25, 0.3) is 0 Å². The Bertz CT molecular complexity index is 434. The van der Waals surface area contributed by atoms with Crippen molar-refractivity contribution < 1.29 is 0 Å². The predicted octanol–water partition coefficient (Wildman–Crippen LogP) is 5.23. The SMILES string of the molecule is CCCCN(CCCC)CN(CNCc1ccccc1)C1CCCCC1. The number of hydrogen-bond acceptors (Lipinski definition) is 3. The maximum atomic E-state index is 3.72. The molecule has 1 fully saturated rings. The lowest BCUT2D eigenvalue weighted by Crippen LogP contribution is -2.48. The summed E-state index contributed by atoms with van der Waals surface area (Å²) in [4.78, 5) is 5.43. The van der Waals surface area contributed by atoms with Gasteiger partial charge in [0.05, 0.1) is 6.67 Å². The van der Waals surface area contributed by atoms with Crippen molar-refractivity contribution in [1.29, 1.82) is 0 Å². The van der Waals surface area contributed by atoms with E-state index in [-0.39, 0.29) is 0 Å². The van der Waals surface area contributed by atoms with Gasteiger partial charge in [0.2, 0.25) is 0 Å². The second-order valence-electron chi connectivity index (χ2n) is 7.92. The Morgan fingerprint density at radius 2 is 1.58 bits per heavy atom. The molecule has 0 aliphatic heterocycles. The van der Waals surface area contributed by atoms with Crippen LogP contribution in [0.15, 0.2) is 30.3 Å². The minimum Gasteiger partial charge on any atom is -0.300 e. The molecule has 1 aliphatic rings. The van der Waals surface area contributed by atoms with Gasteiger partial charge in [-0.15, -0.1) is 0 Å². The Kier molecular flexibility index (Phi) is 10.9. The Morgan fingerprint density at radius 3 is 2.19 bits per heavy atom. The summed E-state index contributed by atoms with van der Waals surface area (Å²) in [6, 6.07) is 11.6. The molecular formula is C23H41N3. The van der Waals surface area contributed by atoms with Gasteiger partial charge in [0.1, 0.15) is 0 Å². The van der Waals surface area contributed by atoms with Crippen molar-refractivity contribution in [3.63, 3.8) is 0 Å². The lowest BCUT2D eigenvalue weighted by atomic mass is 9.94. The molecule has 0 amide bonds. The predicted molar refractivity (Wildman–Crippen MR) is 113 cm³/mol. The van der Waals surface area contributed by atoms with Crippen LogP contribution >= 0.6 is 0 Å². The third-order valence-electron chi connectivity index (χ3n) is 5.62. The summed E-state index contributed by atoms with van der Waals surface area (Å²) in [7, 11) is 0. The van der Waals surface area contributed by atoms with E-state index >= 15 is 0 Å².